The first-order valence-electron chi connectivity index (χ1n) is 6.14. The van der Waals surface area contributed by atoms with Crippen molar-refractivity contribution in [2.45, 2.75) is 35.8 Å². The van der Waals surface area contributed by atoms with Crippen LogP contribution < -0.4 is 0 Å². The Morgan fingerprint density at radius 3 is 2.35 bits per heavy atom. The number of nitrogens with zero attached hydrogens (tertiary/aromatic N) is 1. The minimum Gasteiger partial charge on any atom is -0.480 e. The van der Waals surface area contributed by atoms with E-state index < -0.39 is 11.5 Å². The fraction of sp³-hybridized carbons (Fsp3) is 0.462. The zero-order valence-electron chi connectivity index (χ0n) is 10.6. The molecule has 0 radical (unpaired) electrons. The quantitative estimate of drug-likeness (QED) is 0.818. The van der Waals surface area contributed by atoms with E-state index in [0.29, 0.717) is 6.54 Å². The largest absolute Gasteiger partial charge is 0.480 e. The summed E-state index contributed by atoms with van der Waals surface area (Å²) in [6, 6.07) is 6.35. The second-order valence-electron chi connectivity index (χ2n) is 4.72. The normalized spacial score (nSPS) is 15.6. The number of thioether (sulfide) groups is 1. The van der Waals surface area contributed by atoms with Gasteiger partial charge >= 0.3 is 11.5 Å². The SMILES string of the molecule is O=C(O)CN(Cc1ccc(SC(F)(F)F)cc1)C1CC1. The van der Waals surface area contributed by atoms with Gasteiger partial charge in [0, 0.05) is 17.5 Å². The average Bonchev–Trinajstić information content (AvgIpc) is 3.12. The van der Waals surface area contributed by atoms with E-state index in [1.807, 2.05) is 4.90 Å². The Hall–Kier alpha value is -1.21. The summed E-state index contributed by atoms with van der Waals surface area (Å²) in [5.41, 5.74) is -3.46. The van der Waals surface area contributed by atoms with Gasteiger partial charge in [-0.2, -0.15) is 13.2 Å². The first kappa shape index (κ1) is 15.2. The lowest BCUT2D eigenvalue weighted by molar-refractivity contribution is -0.138. The molecule has 0 heterocycles. The lowest BCUT2D eigenvalue weighted by atomic mass is 10.2. The zero-order valence-corrected chi connectivity index (χ0v) is 11.4. The van der Waals surface area contributed by atoms with Crippen LogP contribution in [0.1, 0.15) is 18.4 Å². The van der Waals surface area contributed by atoms with Crippen molar-refractivity contribution < 1.29 is 23.1 Å². The van der Waals surface area contributed by atoms with E-state index in [2.05, 4.69) is 0 Å². The predicted octanol–water partition coefficient (Wildman–Crippen LogP) is 3.35. The number of carbonyl (C=O) groups is 1. The summed E-state index contributed by atoms with van der Waals surface area (Å²) < 4.78 is 36.6. The van der Waals surface area contributed by atoms with Crippen LogP contribution in [0.4, 0.5) is 13.2 Å². The summed E-state index contributed by atoms with van der Waals surface area (Å²) in [5, 5.41) is 8.84. The van der Waals surface area contributed by atoms with E-state index in [4.69, 9.17) is 5.11 Å². The molecule has 0 atom stereocenters. The molecule has 0 aliphatic heterocycles. The Balaban J connectivity index is 1.96. The van der Waals surface area contributed by atoms with Gasteiger partial charge < -0.3 is 5.11 Å². The number of halogens is 3. The van der Waals surface area contributed by atoms with E-state index in [-0.39, 0.29) is 29.2 Å². The average molecular weight is 305 g/mol. The van der Waals surface area contributed by atoms with Crippen LogP contribution in [0.25, 0.3) is 0 Å². The van der Waals surface area contributed by atoms with E-state index in [1.165, 1.54) is 12.1 Å². The van der Waals surface area contributed by atoms with Crippen LogP contribution in [0.15, 0.2) is 29.2 Å². The Morgan fingerprint density at radius 2 is 1.90 bits per heavy atom. The highest BCUT2D eigenvalue weighted by Crippen LogP contribution is 2.37. The monoisotopic (exact) mass is 305 g/mol. The molecule has 0 aromatic heterocycles. The Labute approximate surface area is 118 Å². The minimum absolute atomic E-state index is 0.0380. The standard InChI is InChI=1S/C13H14F3NO2S/c14-13(15,16)20-11-5-1-9(2-6-11)7-17(8-12(18)19)10-3-4-10/h1-2,5-6,10H,3-4,7-8H2,(H,18,19). The van der Waals surface area contributed by atoms with Crippen molar-refractivity contribution >= 4 is 17.7 Å². The summed E-state index contributed by atoms with van der Waals surface area (Å²) in [5.74, 6) is -0.888. The number of benzene rings is 1. The molecule has 1 fully saturated rings. The molecule has 3 nitrogen and oxygen atoms in total. The van der Waals surface area contributed by atoms with Crippen LogP contribution >= 0.6 is 11.8 Å². The molecule has 0 spiro atoms. The number of rotatable bonds is 6. The second kappa shape index (κ2) is 6.05. The van der Waals surface area contributed by atoms with Gasteiger partial charge in [-0.05, 0) is 42.3 Å². The second-order valence-corrected chi connectivity index (χ2v) is 5.86. The molecule has 110 valence electrons. The fourth-order valence-electron chi connectivity index (χ4n) is 1.96. The molecule has 2 rings (SSSR count). The molecule has 1 N–H and O–H groups in total. The van der Waals surface area contributed by atoms with Gasteiger partial charge in [0.05, 0.1) is 6.54 Å². The summed E-state index contributed by atoms with van der Waals surface area (Å²) in [4.78, 5) is 12.8. The maximum atomic E-state index is 12.2. The molecule has 1 saturated carbocycles. The van der Waals surface area contributed by atoms with Crippen molar-refractivity contribution in [3.8, 4) is 0 Å². The zero-order chi connectivity index (χ0) is 14.8. The lowest BCUT2D eigenvalue weighted by Gasteiger charge is -2.19. The summed E-state index contributed by atoms with van der Waals surface area (Å²) in [6.07, 6.45) is 1.96. The minimum atomic E-state index is -4.29. The third-order valence-corrected chi connectivity index (χ3v) is 3.68. The van der Waals surface area contributed by atoms with Crippen LogP contribution in [0, 0.1) is 0 Å². The van der Waals surface area contributed by atoms with Crippen molar-refractivity contribution in [2.24, 2.45) is 0 Å². The number of carboxylic acid groups (broad SMARTS) is 1. The maximum Gasteiger partial charge on any atom is 0.446 e. The lowest BCUT2D eigenvalue weighted by Crippen LogP contribution is -2.31. The Morgan fingerprint density at radius 1 is 1.30 bits per heavy atom. The first-order valence-corrected chi connectivity index (χ1v) is 6.96. The highest BCUT2D eigenvalue weighted by molar-refractivity contribution is 8.00. The predicted molar refractivity (Wildman–Crippen MR) is 69.4 cm³/mol. The molecule has 0 bridgehead atoms. The number of aliphatic carboxylic acids is 1. The topological polar surface area (TPSA) is 40.5 Å². The summed E-state index contributed by atoms with van der Waals surface area (Å²) in [6.45, 7) is 0.414. The first-order chi connectivity index (χ1) is 9.33. The molecule has 20 heavy (non-hydrogen) atoms. The van der Waals surface area contributed by atoms with Gasteiger partial charge in [-0.15, -0.1) is 0 Å². The van der Waals surface area contributed by atoms with E-state index in [0.717, 1.165) is 18.4 Å². The van der Waals surface area contributed by atoms with Crippen molar-refractivity contribution in [3.05, 3.63) is 29.8 Å². The molecule has 0 unspecified atom stereocenters. The fourth-order valence-corrected chi connectivity index (χ4v) is 2.50. The van der Waals surface area contributed by atoms with E-state index in [9.17, 15) is 18.0 Å². The summed E-state index contributed by atoms with van der Waals surface area (Å²) in [7, 11) is 0. The molecule has 1 aliphatic rings. The maximum absolute atomic E-state index is 12.2. The van der Waals surface area contributed by atoms with Crippen molar-refractivity contribution in [1.29, 1.82) is 0 Å². The number of hydrogen-bond donors (Lipinski definition) is 1. The van der Waals surface area contributed by atoms with Crippen LogP contribution in [0.2, 0.25) is 0 Å². The van der Waals surface area contributed by atoms with E-state index >= 15 is 0 Å². The number of alkyl halides is 3. The van der Waals surface area contributed by atoms with Gasteiger partial charge in [-0.25, -0.2) is 0 Å². The third kappa shape index (κ3) is 5.05. The van der Waals surface area contributed by atoms with Crippen molar-refractivity contribution in [2.75, 3.05) is 6.54 Å². The molecule has 0 amide bonds. The van der Waals surface area contributed by atoms with Crippen LogP contribution in [-0.4, -0.2) is 34.1 Å². The van der Waals surface area contributed by atoms with Crippen molar-refractivity contribution in [1.82, 2.24) is 4.90 Å². The Bertz CT molecular complexity index is 471. The summed E-state index contributed by atoms with van der Waals surface area (Å²) >= 11 is -0.150. The molecule has 1 aliphatic carbocycles. The van der Waals surface area contributed by atoms with Gasteiger partial charge in [0.15, 0.2) is 0 Å². The third-order valence-electron chi connectivity index (χ3n) is 2.94. The number of carboxylic acids is 1. The van der Waals surface area contributed by atoms with Gasteiger partial charge in [0.1, 0.15) is 0 Å². The highest BCUT2D eigenvalue weighted by atomic mass is 32.2. The van der Waals surface area contributed by atoms with Crippen LogP contribution in [-0.2, 0) is 11.3 Å². The highest BCUT2D eigenvalue weighted by Gasteiger charge is 2.31. The van der Waals surface area contributed by atoms with Gasteiger partial charge in [0.25, 0.3) is 0 Å². The smallest absolute Gasteiger partial charge is 0.446 e. The molecule has 1 aromatic rings. The van der Waals surface area contributed by atoms with Gasteiger partial charge in [-0.1, -0.05) is 12.1 Å². The molecular weight excluding hydrogens is 291 g/mol. The van der Waals surface area contributed by atoms with Crippen LogP contribution in [0.3, 0.4) is 0 Å². The number of hydrogen-bond acceptors (Lipinski definition) is 3. The Kier molecular flexibility index (Phi) is 4.59. The molecular formula is C13H14F3NO2S. The van der Waals surface area contributed by atoms with Crippen LogP contribution in [0.5, 0.6) is 0 Å². The van der Waals surface area contributed by atoms with Gasteiger partial charge in [0.2, 0.25) is 0 Å². The molecule has 0 saturated heterocycles. The van der Waals surface area contributed by atoms with Crippen molar-refractivity contribution in [3.63, 3.8) is 0 Å². The van der Waals surface area contributed by atoms with E-state index in [1.54, 1.807) is 12.1 Å². The van der Waals surface area contributed by atoms with Gasteiger partial charge in [-0.3, -0.25) is 9.69 Å². The molecule has 1 aromatic carbocycles. The molecule has 7 heteroatoms.